The van der Waals surface area contributed by atoms with E-state index < -0.39 is 0 Å². The summed E-state index contributed by atoms with van der Waals surface area (Å²) >= 11 is 6.19. The molecule has 0 aliphatic carbocycles. The van der Waals surface area contributed by atoms with Crippen molar-refractivity contribution in [2.24, 2.45) is 0 Å². The van der Waals surface area contributed by atoms with Gasteiger partial charge in [-0.2, -0.15) is 5.10 Å². The van der Waals surface area contributed by atoms with Gasteiger partial charge in [0, 0.05) is 11.9 Å². The highest BCUT2D eigenvalue weighted by Gasteiger charge is 2.10. The minimum atomic E-state index is -0.385. The van der Waals surface area contributed by atoms with Crippen molar-refractivity contribution in [3.05, 3.63) is 82.9 Å². The normalized spacial score (nSPS) is 10.3. The summed E-state index contributed by atoms with van der Waals surface area (Å²) in [5.74, 6) is -0.224. The van der Waals surface area contributed by atoms with Gasteiger partial charge in [-0.1, -0.05) is 23.7 Å². The molecule has 1 heterocycles. The standard InChI is InChI=1S/C18H13ClFN3O2/c19-15-10-14(22-18(24)16-2-1-9-21-23-16)7-8-17(15)25-11-12-3-5-13(20)6-4-12/h1-10H,11H2,(H,22,24). The lowest BCUT2D eigenvalue weighted by Crippen LogP contribution is -2.14. The summed E-state index contributed by atoms with van der Waals surface area (Å²) in [6.45, 7) is 0.255. The molecule has 0 radical (unpaired) electrons. The van der Waals surface area contributed by atoms with Crippen LogP contribution in [0.5, 0.6) is 5.75 Å². The fraction of sp³-hybridized carbons (Fsp3) is 0.0556. The van der Waals surface area contributed by atoms with Crippen molar-refractivity contribution in [1.29, 1.82) is 0 Å². The molecule has 0 spiro atoms. The summed E-state index contributed by atoms with van der Waals surface area (Å²) in [5.41, 5.74) is 1.53. The smallest absolute Gasteiger partial charge is 0.276 e. The van der Waals surface area contributed by atoms with Crippen LogP contribution in [0.4, 0.5) is 10.1 Å². The molecule has 7 heteroatoms. The van der Waals surface area contributed by atoms with Crippen molar-refractivity contribution in [2.45, 2.75) is 6.61 Å². The molecule has 0 atom stereocenters. The molecule has 0 saturated heterocycles. The lowest BCUT2D eigenvalue weighted by molar-refractivity contribution is 0.102. The summed E-state index contributed by atoms with van der Waals surface area (Å²) in [4.78, 5) is 12.0. The Morgan fingerprint density at radius 2 is 1.96 bits per heavy atom. The number of hydrogen-bond donors (Lipinski definition) is 1. The van der Waals surface area contributed by atoms with E-state index in [9.17, 15) is 9.18 Å². The zero-order valence-corrected chi connectivity index (χ0v) is 13.7. The zero-order valence-electron chi connectivity index (χ0n) is 12.9. The van der Waals surface area contributed by atoms with Gasteiger partial charge in [0.25, 0.3) is 5.91 Å². The molecule has 0 fully saturated rings. The summed E-state index contributed by atoms with van der Waals surface area (Å²) < 4.78 is 18.5. The molecule has 0 aliphatic rings. The predicted molar refractivity (Wildman–Crippen MR) is 92.2 cm³/mol. The Morgan fingerprint density at radius 3 is 2.64 bits per heavy atom. The van der Waals surface area contributed by atoms with Crippen LogP contribution in [0.2, 0.25) is 5.02 Å². The quantitative estimate of drug-likeness (QED) is 0.746. The van der Waals surface area contributed by atoms with Gasteiger partial charge in [0.2, 0.25) is 0 Å². The monoisotopic (exact) mass is 357 g/mol. The van der Waals surface area contributed by atoms with Gasteiger partial charge in [0.15, 0.2) is 5.69 Å². The van der Waals surface area contributed by atoms with E-state index in [-0.39, 0.29) is 24.0 Å². The fourth-order valence-corrected chi connectivity index (χ4v) is 2.29. The number of benzene rings is 2. The molecule has 0 unspecified atom stereocenters. The Hall–Kier alpha value is -2.99. The van der Waals surface area contributed by atoms with E-state index in [0.717, 1.165) is 5.56 Å². The molecule has 126 valence electrons. The second kappa shape index (κ2) is 7.72. The summed E-state index contributed by atoms with van der Waals surface area (Å²) in [6, 6.07) is 14.1. The van der Waals surface area contributed by atoms with Gasteiger partial charge in [-0.05, 0) is 48.0 Å². The number of carbonyl (C=O) groups is 1. The fourth-order valence-electron chi connectivity index (χ4n) is 2.06. The first kappa shape index (κ1) is 16.9. The summed E-state index contributed by atoms with van der Waals surface area (Å²) in [7, 11) is 0. The maximum Gasteiger partial charge on any atom is 0.276 e. The third kappa shape index (κ3) is 4.51. The second-order valence-electron chi connectivity index (χ2n) is 5.12. The van der Waals surface area contributed by atoms with Crippen LogP contribution in [0.1, 0.15) is 16.1 Å². The van der Waals surface area contributed by atoms with Crippen molar-refractivity contribution in [2.75, 3.05) is 5.32 Å². The van der Waals surface area contributed by atoms with Crippen molar-refractivity contribution < 1.29 is 13.9 Å². The summed E-state index contributed by atoms with van der Waals surface area (Å²) in [5, 5.41) is 10.4. The van der Waals surface area contributed by atoms with Gasteiger partial charge < -0.3 is 10.1 Å². The predicted octanol–water partition coefficient (Wildman–Crippen LogP) is 4.10. The Bertz CT molecular complexity index is 873. The van der Waals surface area contributed by atoms with Gasteiger partial charge in [0.1, 0.15) is 18.2 Å². The number of ether oxygens (including phenoxy) is 1. The van der Waals surface area contributed by atoms with E-state index in [0.29, 0.717) is 16.5 Å². The molecule has 5 nitrogen and oxygen atoms in total. The van der Waals surface area contributed by atoms with E-state index in [2.05, 4.69) is 15.5 Å². The van der Waals surface area contributed by atoms with Crippen LogP contribution in [0.15, 0.2) is 60.8 Å². The first-order valence-corrected chi connectivity index (χ1v) is 7.75. The molecule has 0 bridgehead atoms. The number of nitrogens with one attached hydrogen (secondary N) is 1. The number of nitrogens with zero attached hydrogens (tertiary/aromatic N) is 2. The Morgan fingerprint density at radius 1 is 1.16 bits per heavy atom. The number of hydrogen-bond acceptors (Lipinski definition) is 4. The van der Waals surface area contributed by atoms with Gasteiger partial charge in [-0.3, -0.25) is 4.79 Å². The third-order valence-electron chi connectivity index (χ3n) is 3.30. The molecular weight excluding hydrogens is 345 g/mol. The number of anilines is 1. The molecule has 3 aromatic rings. The Labute approximate surface area is 148 Å². The molecule has 0 aliphatic heterocycles. The molecule has 1 aromatic heterocycles. The Kier molecular flexibility index (Phi) is 5.20. The SMILES string of the molecule is O=C(Nc1ccc(OCc2ccc(F)cc2)c(Cl)c1)c1cccnn1. The summed E-state index contributed by atoms with van der Waals surface area (Å²) in [6.07, 6.45) is 1.49. The zero-order chi connectivity index (χ0) is 17.6. The lowest BCUT2D eigenvalue weighted by Gasteiger charge is -2.10. The number of rotatable bonds is 5. The van der Waals surface area contributed by atoms with E-state index in [1.807, 2.05) is 0 Å². The van der Waals surface area contributed by atoms with Gasteiger partial charge in [-0.25, -0.2) is 4.39 Å². The van der Waals surface area contributed by atoms with Crippen molar-refractivity contribution in [3.63, 3.8) is 0 Å². The van der Waals surface area contributed by atoms with Crippen LogP contribution < -0.4 is 10.1 Å². The average molecular weight is 358 g/mol. The van der Waals surface area contributed by atoms with Crippen LogP contribution in [-0.2, 0) is 6.61 Å². The van der Waals surface area contributed by atoms with Crippen LogP contribution >= 0.6 is 11.6 Å². The number of amides is 1. The van der Waals surface area contributed by atoms with E-state index in [1.165, 1.54) is 18.3 Å². The highest BCUT2D eigenvalue weighted by atomic mass is 35.5. The molecule has 0 saturated carbocycles. The Balaban J connectivity index is 1.64. The van der Waals surface area contributed by atoms with Gasteiger partial charge in [0.05, 0.1) is 5.02 Å². The van der Waals surface area contributed by atoms with Crippen molar-refractivity contribution in [1.82, 2.24) is 10.2 Å². The number of carbonyl (C=O) groups excluding carboxylic acids is 1. The highest BCUT2D eigenvalue weighted by molar-refractivity contribution is 6.32. The third-order valence-corrected chi connectivity index (χ3v) is 3.60. The second-order valence-corrected chi connectivity index (χ2v) is 5.53. The van der Waals surface area contributed by atoms with Crippen LogP contribution in [0.25, 0.3) is 0 Å². The van der Waals surface area contributed by atoms with E-state index >= 15 is 0 Å². The molecule has 1 amide bonds. The first-order valence-electron chi connectivity index (χ1n) is 7.37. The molecule has 25 heavy (non-hydrogen) atoms. The van der Waals surface area contributed by atoms with E-state index in [1.54, 1.807) is 42.5 Å². The number of halogens is 2. The molecule has 1 N–H and O–H groups in total. The maximum atomic E-state index is 12.9. The maximum absolute atomic E-state index is 12.9. The molecule has 3 rings (SSSR count). The van der Waals surface area contributed by atoms with Crippen LogP contribution in [-0.4, -0.2) is 16.1 Å². The average Bonchev–Trinajstić information content (AvgIpc) is 2.63. The minimum Gasteiger partial charge on any atom is -0.487 e. The lowest BCUT2D eigenvalue weighted by atomic mass is 10.2. The van der Waals surface area contributed by atoms with Crippen molar-refractivity contribution >= 4 is 23.2 Å². The highest BCUT2D eigenvalue weighted by Crippen LogP contribution is 2.28. The minimum absolute atomic E-state index is 0.204. The molecule has 2 aromatic carbocycles. The van der Waals surface area contributed by atoms with Crippen molar-refractivity contribution in [3.8, 4) is 5.75 Å². The van der Waals surface area contributed by atoms with Crippen LogP contribution in [0.3, 0.4) is 0 Å². The largest absolute Gasteiger partial charge is 0.487 e. The van der Waals surface area contributed by atoms with Gasteiger partial charge >= 0.3 is 0 Å². The van der Waals surface area contributed by atoms with Crippen LogP contribution in [0, 0.1) is 5.82 Å². The number of aromatic nitrogens is 2. The van der Waals surface area contributed by atoms with E-state index in [4.69, 9.17) is 16.3 Å². The van der Waals surface area contributed by atoms with Gasteiger partial charge in [-0.15, -0.1) is 5.10 Å². The molecular formula is C18H13ClFN3O2. The topological polar surface area (TPSA) is 64.1 Å². The first-order chi connectivity index (χ1) is 12.1.